The Labute approximate surface area is 150 Å². The van der Waals surface area contributed by atoms with Gasteiger partial charge in [-0.15, -0.1) is 0 Å². The zero-order valence-corrected chi connectivity index (χ0v) is 13.7. The summed E-state index contributed by atoms with van der Waals surface area (Å²) < 4.78 is 59.1. The van der Waals surface area contributed by atoms with Crippen molar-refractivity contribution in [1.29, 1.82) is 5.26 Å². The van der Waals surface area contributed by atoms with E-state index in [1.54, 1.807) is 6.07 Å². The van der Waals surface area contributed by atoms with Gasteiger partial charge in [-0.1, -0.05) is 11.8 Å². The molecule has 3 rings (SSSR count). The average Bonchev–Trinajstić information content (AvgIpc) is 2.83. The van der Waals surface area contributed by atoms with Crippen LogP contribution in [0.1, 0.15) is 22.8 Å². The highest BCUT2D eigenvalue weighted by Crippen LogP contribution is 2.56. The summed E-state index contributed by atoms with van der Waals surface area (Å²) in [6, 6.07) is 7.64. The van der Waals surface area contributed by atoms with Crippen LogP contribution in [0.3, 0.4) is 0 Å². The van der Waals surface area contributed by atoms with Gasteiger partial charge in [0.05, 0.1) is 17.2 Å². The Balaban J connectivity index is 2.11. The van der Waals surface area contributed by atoms with E-state index in [2.05, 4.69) is 11.8 Å². The van der Waals surface area contributed by atoms with E-state index in [4.69, 9.17) is 10.00 Å². The highest BCUT2D eigenvalue weighted by atomic mass is 32.2. The minimum atomic E-state index is -3.46. The van der Waals surface area contributed by atoms with Crippen molar-refractivity contribution >= 4 is 11.8 Å². The van der Waals surface area contributed by atoms with Crippen LogP contribution in [-0.2, 0) is 0 Å². The number of benzene rings is 2. The third-order valence-corrected chi connectivity index (χ3v) is 4.58. The second-order valence-corrected chi connectivity index (χ2v) is 6.43. The van der Waals surface area contributed by atoms with Gasteiger partial charge in [-0.25, -0.2) is 8.78 Å². The number of aliphatic hydroxyl groups excluding tert-OH is 1. The minimum absolute atomic E-state index is 0.000300. The van der Waals surface area contributed by atoms with Crippen molar-refractivity contribution in [2.45, 2.75) is 16.3 Å². The maximum Gasteiger partial charge on any atom is 0.327 e. The highest BCUT2D eigenvalue weighted by molar-refractivity contribution is 8.00. The second-order valence-electron chi connectivity index (χ2n) is 5.24. The Kier molecular flexibility index (Phi) is 4.82. The van der Waals surface area contributed by atoms with Crippen molar-refractivity contribution in [2.24, 2.45) is 0 Å². The minimum Gasteiger partial charge on any atom is -0.456 e. The quantitative estimate of drug-likeness (QED) is 0.615. The van der Waals surface area contributed by atoms with Crippen LogP contribution in [0.25, 0.3) is 0 Å². The first-order valence-electron chi connectivity index (χ1n) is 7.21. The van der Waals surface area contributed by atoms with Gasteiger partial charge in [0.15, 0.2) is 12.8 Å². The molecule has 8 heteroatoms. The molecular weight excluding hydrogens is 370 g/mol. The smallest absolute Gasteiger partial charge is 0.327 e. The van der Waals surface area contributed by atoms with Gasteiger partial charge in [-0.2, -0.15) is 14.0 Å². The summed E-state index contributed by atoms with van der Waals surface area (Å²) >= 11 is 0.169. The van der Waals surface area contributed by atoms with Crippen LogP contribution < -0.4 is 4.74 Å². The molecule has 26 heavy (non-hydrogen) atoms. The average molecular weight is 379 g/mol. The fourth-order valence-electron chi connectivity index (χ4n) is 2.46. The van der Waals surface area contributed by atoms with E-state index in [9.17, 15) is 22.7 Å². The molecule has 0 aliphatic carbocycles. The van der Waals surface area contributed by atoms with Crippen molar-refractivity contribution in [3.63, 3.8) is 0 Å². The van der Waals surface area contributed by atoms with Crippen LogP contribution in [-0.4, -0.2) is 17.0 Å². The molecule has 0 amide bonds. The molecule has 1 aliphatic rings. The lowest BCUT2D eigenvalue weighted by molar-refractivity contribution is -0.0311. The molecule has 0 bridgehead atoms. The zero-order valence-electron chi connectivity index (χ0n) is 12.9. The number of nitrogens with zero attached hydrogens (tertiary/aromatic N) is 1. The lowest BCUT2D eigenvalue weighted by atomic mass is 10.0. The molecule has 1 atom stereocenters. The largest absolute Gasteiger partial charge is 0.456 e. The molecule has 0 saturated heterocycles. The summed E-state index contributed by atoms with van der Waals surface area (Å²) in [7, 11) is 0. The predicted molar refractivity (Wildman–Crippen MR) is 86.2 cm³/mol. The molecule has 1 N–H and O–H groups in total. The van der Waals surface area contributed by atoms with Gasteiger partial charge in [0.25, 0.3) is 0 Å². The van der Waals surface area contributed by atoms with Crippen LogP contribution >= 0.6 is 11.8 Å². The Morgan fingerprint density at radius 2 is 2.04 bits per heavy atom. The Morgan fingerprint density at radius 3 is 2.73 bits per heavy atom. The van der Waals surface area contributed by atoms with Crippen LogP contribution in [0.5, 0.6) is 11.5 Å². The Morgan fingerprint density at radius 1 is 1.27 bits per heavy atom. The number of aliphatic hydroxyl groups is 1. The van der Waals surface area contributed by atoms with Crippen LogP contribution in [0, 0.1) is 29.0 Å². The number of hydrogen-bond donors (Lipinski definition) is 1. The van der Waals surface area contributed by atoms with E-state index in [1.165, 1.54) is 18.2 Å². The molecule has 3 nitrogen and oxygen atoms in total. The molecule has 1 aliphatic heterocycles. The van der Waals surface area contributed by atoms with E-state index in [0.29, 0.717) is 0 Å². The van der Waals surface area contributed by atoms with Crippen LogP contribution in [0.2, 0.25) is 0 Å². The molecule has 2 aromatic rings. The number of thioether (sulfide) groups is 1. The first-order valence-corrected chi connectivity index (χ1v) is 8.02. The van der Waals surface area contributed by atoms with Gasteiger partial charge in [0.2, 0.25) is 0 Å². The fourth-order valence-corrected chi connectivity index (χ4v) is 3.44. The zero-order chi connectivity index (χ0) is 18.9. The van der Waals surface area contributed by atoms with E-state index in [-0.39, 0.29) is 44.8 Å². The van der Waals surface area contributed by atoms with Gasteiger partial charge in [-0.05, 0) is 36.0 Å². The van der Waals surface area contributed by atoms with E-state index >= 15 is 0 Å². The normalized spacial score (nSPS) is 17.0. The lowest BCUT2D eigenvalue weighted by Crippen LogP contribution is -2.17. The maximum absolute atomic E-state index is 13.8. The van der Waals surface area contributed by atoms with Gasteiger partial charge in [-0.3, -0.25) is 0 Å². The van der Waals surface area contributed by atoms with E-state index in [0.717, 1.165) is 12.1 Å². The van der Waals surface area contributed by atoms with Crippen LogP contribution in [0.15, 0.2) is 35.2 Å². The number of hydrogen-bond acceptors (Lipinski definition) is 4. The molecule has 1 unspecified atom stereocenters. The monoisotopic (exact) mass is 379 g/mol. The van der Waals surface area contributed by atoms with E-state index < -0.39 is 23.9 Å². The van der Waals surface area contributed by atoms with Crippen molar-refractivity contribution in [3.05, 3.63) is 52.8 Å². The predicted octanol–water partition coefficient (Wildman–Crippen LogP) is 4.54. The van der Waals surface area contributed by atoms with Gasteiger partial charge < -0.3 is 9.84 Å². The summed E-state index contributed by atoms with van der Waals surface area (Å²) in [4.78, 5) is 0.0926. The topological polar surface area (TPSA) is 53.2 Å². The standard InChI is InChI=1S/C18H9F4NO2S/c19-5-1-2-13-14(25-12-7-10(9-23)6-11(20)8-12)3-4-15-16(13)17(24)18(21,22)26-15/h3-4,6-8,17,24H,5H2. The van der Waals surface area contributed by atoms with E-state index in [1.807, 2.05) is 0 Å². The number of nitriles is 1. The molecule has 0 aromatic heterocycles. The summed E-state index contributed by atoms with van der Waals surface area (Å²) in [5.74, 6) is 3.65. The summed E-state index contributed by atoms with van der Waals surface area (Å²) in [6.45, 7) is -1.03. The van der Waals surface area contributed by atoms with Crippen molar-refractivity contribution in [3.8, 4) is 29.4 Å². The number of alkyl halides is 3. The van der Waals surface area contributed by atoms with Gasteiger partial charge in [0.1, 0.15) is 17.3 Å². The SMILES string of the molecule is N#Cc1cc(F)cc(Oc2ccc3c(c2C#CCF)C(O)C(F)(F)S3)c1. The number of ether oxygens (including phenoxy) is 1. The van der Waals surface area contributed by atoms with Crippen molar-refractivity contribution in [1.82, 2.24) is 0 Å². The fraction of sp³-hybridized carbons (Fsp3) is 0.167. The second kappa shape index (κ2) is 6.91. The molecule has 0 spiro atoms. The van der Waals surface area contributed by atoms with Crippen LogP contribution in [0.4, 0.5) is 17.6 Å². The highest BCUT2D eigenvalue weighted by Gasteiger charge is 2.49. The van der Waals surface area contributed by atoms with Gasteiger partial charge >= 0.3 is 5.25 Å². The number of halogens is 4. The third-order valence-electron chi connectivity index (χ3n) is 3.51. The number of rotatable bonds is 2. The summed E-state index contributed by atoms with van der Waals surface area (Å²) in [6.07, 6.45) is -2.14. The third kappa shape index (κ3) is 3.34. The maximum atomic E-state index is 13.8. The first-order chi connectivity index (χ1) is 12.4. The molecule has 0 fully saturated rings. The number of fused-ring (bicyclic) bond motifs is 1. The molecule has 132 valence electrons. The lowest BCUT2D eigenvalue weighted by Gasteiger charge is -2.15. The molecule has 2 aromatic carbocycles. The molecule has 1 heterocycles. The molecule has 0 saturated carbocycles. The Bertz CT molecular complexity index is 976. The molecular formula is C18H9F4NO2S. The summed E-state index contributed by atoms with van der Waals surface area (Å²) in [5, 5.41) is 15.3. The van der Waals surface area contributed by atoms with Gasteiger partial charge in [0, 0.05) is 16.5 Å². The molecule has 0 radical (unpaired) electrons. The Hall–Kier alpha value is -2.68. The first kappa shape index (κ1) is 18.1. The van der Waals surface area contributed by atoms with Crippen molar-refractivity contribution < 1.29 is 27.4 Å². The van der Waals surface area contributed by atoms with Crippen molar-refractivity contribution in [2.75, 3.05) is 6.67 Å². The summed E-state index contributed by atoms with van der Waals surface area (Å²) in [5.41, 5.74) is -0.282.